The zero-order valence-electron chi connectivity index (χ0n) is 14.0. The van der Waals surface area contributed by atoms with Gasteiger partial charge in [-0.05, 0) is 36.4 Å². The first-order valence-corrected chi connectivity index (χ1v) is 8.39. The molecule has 0 atom stereocenters. The molecule has 0 N–H and O–H groups in total. The van der Waals surface area contributed by atoms with Crippen LogP contribution in [0, 0.1) is 10.1 Å². The molecule has 0 unspecified atom stereocenters. The second-order valence-electron chi connectivity index (χ2n) is 5.84. The van der Waals surface area contributed by atoms with Gasteiger partial charge in [0.05, 0.1) is 22.3 Å². The van der Waals surface area contributed by atoms with E-state index in [1.54, 1.807) is 42.5 Å². The highest BCUT2D eigenvalue weighted by atomic mass is 35.5. The van der Waals surface area contributed by atoms with Crippen LogP contribution in [-0.4, -0.2) is 28.0 Å². The van der Waals surface area contributed by atoms with Crippen LogP contribution in [0.3, 0.4) is 0 Å². The summed E-state index contributed by atoms with van der Waals surface area (Å²) in [5.74, 6) is -0.415. The highest BCUT2D eigenvalue weighted by molar-refractivity contribution is 6.32. The van der Waals surface area contributed by atoms with Crippen LogP contribution in [0.4, 0.5) is 5.69 Å². The van der Waals surface area contributed by atoms with Gasteiger partial charge in [0.1, 0.15) is 16.5 Å². The Balaban J connectivity index is 1.58. The number of halogens is 1. The Hall–Kier alpha value is -3.78. The van der Waals surface area contributed by atoms with E-state index in [1.807, 2.05) is 0 Å². The number of amides is 2. The van der Waals surface area contributed by atoms with Crippen molar-refractivity contribution >= 4 is 35.3 Å². The molecule has 0 spiro atoms. The number of hydrogen-bond acceptors (Lipinski definition) is 6. The lowest BCUT2D eigenvalue weighted by atomic mass is 10.1. The number of hydrazone groups is 1. The van der Waals surface area contributed by atoms with Crippen molar-refractivity contribution in [2.75, 3.05) is 0 Å². The fourth-order valence-electron chi connectivity index (χ4n) is 2.78. The second-order valence-corrected chi connectivity index (χ2v) is 6.24. The number of furan rings is 1. The maximum atomic E-state index is 12.3. The van der Waals surface area contributed by atoms with Crippen molar-refractivity contribution in [1.29, 1.82) is 0 Å². The minimum atomic E-state index is -0.584. The smallest absolute Gasteiger partial charge is 0.288 e. The number of rotatable bonds is 4. The van der Waals surface area contributed by atoms with Crippen LogP contribution in [0.25, 0.3) is 11.3 Å². The molecular formula is C19H10ClN3O5. The van der Waals surface area contributed by atoms with E-state index in [1.165, 1.54) is 18.3 Å². The summed E-state index contributed by atoms with van der Waals surface area (Å²) in [4.78, 5) is 35.0. The minimum absolute atomic E-state index is 0.0210. The lowest BCUT2D eigenvalue weighted by Crippen LogP contribution is -2.23. The van der Waals surface area contributed by atoms with Gasteiger partial charge < -0.3 is 4.42 Å². The largest absolute Gasteiger partial charge is 0.455 e. The van der Waals surface area contributed by atoms with E-state index in [0.29, 0.717) is 22.5 Å². The molecule has 28 heavy (non-hydrogen) atoms. The van der Waals surface area contributed by atoms with Gasteiger partial charge in [0, 0.05) is 11.6 Å². The Kier molecular flexibility index (Phi) is 4.25. The summed E-state index contributed by atoms with van der Waals surface area (Å²) in [6.07, 6.45) is 1.23. The summed E-state index contributed by atoms with van der Waals surface area (Å²) >= 11 is 5.81. The zero-order chi connectivity index (χ0) is 19.8. The summed E-state index contributed by atoms with van der Waals surface area (Å²) in [6, 6.07) is 13.9. The number of fused-ring (bicyclic) bond motifs is 1. The Morgan fingerprint density at radius 3 is 2.36 bits per heavy atom. The van der Waals surface area contributed by atoms with Gasteiger partial charge in [-0.15, -0.1) is 0 Å². The lowest BCUT2D eigenvalue weighted by molar-refractivity contribution is -0.384. The molecule has 1 aromatic heterocycles. The number of carbonyl (C=O) groups excluding carboxylic acids is 2. The quantitative estimate of drug-likeness (QED) is 0.285. The third-order valence-electron chi connectivity index (χ3n) is 4.13. The van der Waals surface area contributed by atoms with Crippen molar-refractivity contribution in [1.82, 2.24) is 5.01 Å². The Bertz CT molecular complexity index is 1130. The first-order valence-electron chi connectivity index (χ1n) is 8.01. The van der Waals surface area contributed by atoms with Crippen molar-refractivity contribution < 1.29 is 18.9 Å². The number of carbonyl (C=O) groups is 2. The molecule has 0 fully saturated rings. The second kappa shape index (κ2) is 6.75. The molecule has 2 heterocycles. The normalized spacial score (nSPS) is 13.4. The predicted molar refractivity (Wildman–Crippen MR) is 100 cm³/mol. The summed E-state index contributed by atoms with van der Waals surface area (Å²) in [5, 5.41) is 15.7. The van der Waals surface area contributed by atoms with Gasteiger partial charge >= 0.3 is 0 Å². The molecule has 0 saturated carbocycles. The number of nitro benzene ring substituents is 1. The van der Waals surface area contributed by atoms with Crippen LogP contribution in [0.5, 0.6) is 0 Å². The highest BCUT2D eigenvalue weighted by Gasteiger charge is 2.35. The van der Waals surface area contributed by atoms with Gasteiger partial charge in [0.25, 0.3) is 17.5 Å². The molecule has 0 radical (unpaired) electrons. The number of benzene rings is 2. The van der Waals surface area contributed by atoms with E-state index >= 15 is 0 Å². The van der Waals surface area contributed by atoms with E-state index < -0.39 is 16.7 Å². The van der Waals surface area contributed by atoms with E-state index in [4.69, 9.17) is 16.0 Å². The maximum Gasteiger partial charge on any atom is 0.288 e. The van der Waals surface area contributed by atoms with Gasteiger partial charge in [0.2, 0.25) is 0 Å². The molecule has 138 valence electrons. The number of nitro groups is 1. The van der Waals surface area contributed by atoms with Crippen molar-refractivity contribution in [2.45, 2.75) is 0 Å². The summed E-state index contributed by atoms with van der Waals surface area (Å²) in [7, 11) is 0. The fraction of sp³-hybridized carbons (Fsp3) is 0. The molecule has 2 aromatic carbocycles. The van der Waals surface area contributed by atoms with Crippen LogP contribution in [0.2, 0.25) is 5.02 Å². The summed E-state index contributed by atoms with van der Waals surface area (Å²) in [5.41, 5.74) is 0.796. The zero-order valence-corrected chi connectivity index (χ0v) is 14.8. The Morgan fingerprint density at radius 2 is 1.71 bits per heavy atom. The van der Waals surface area contributed by atoms with E-state index in [-0.39, 0.29) is 16.5 Å². The molecule has 8 nitrogen and oxygen atoms in total. The van der Waals surface area contributed by atoms with Crippen LogP contribution in [0.1, 0.15) is 26.5 Å². The average molecular weight is 396 g/mol. The predicted octanol–water partition coefficient (Wildman–Crippen LogP) is 4.14. The van der Waals surface area contributed by atoms with Crippen molar-refractivity contribution in [3.8, 4) is 11.3 Å². The molecule has 1 aliphatic heterocycles. The summed E-state index contributed by atoms with van der Waals surface area (Å²) < 4.78 is 5.59. The van der Waals surface area contributed by atoms with E-state index in [2.05, 4.69) is 5.10 Å². The van der Waals surface area contributed by atoms with Crippen LogP contribution >= 0.6 is 11.6 Å². The van der Waals surface area contributed by atoms with E-state index in [9.17, 15) is 19.7 Å². The molecule has 0 aliphatic carbocycles. The SMILES string of the molecule is O=C1c2ccccc2C(=O)N1N=Cc1ccc(-c2ccc(Cl)c([N+](=O)[O-])c2)o1. The Labute approximate surface area is 162 Å². The number of hydrogen-bond donors (Lipinski definition) is 0. The molecule has 0 bridgehead atoms. The standard InChI is InChI=1S/C19H10ClN3O5/c20-15-7-5-11(9-16(15)23(26)27)17-8-6-12(28-17)10-21-22-18(24)13-3-1-2-4-14(13)19(22)25/h1-10H. The molecule has 9 heteroatoms. The minimum Gasteiger partial charge on any atom is -0.455 e. The first kappa shape index (κ1) is 17.6. The van der Waals surface area contributed by atoms with Gasteiger partial charge in [0.15, 0.2) is 0 Å². The topological polar surface area (TPSA) is 106 Å². The van der Waals surface area contributed by atoms with E-state index in [0.717, 1.165) is 5.01 Å². The van der Waals surface area contributed by atoms with Crippen molar-refractivity contribution in [3.05, 3.63) is 86.6 Å². The number of imide groups is 1. The fourth-order valence-corrected chi connectivity index (χ4v) is 2.97. The molecule has 1 aliphatic rings. The van der Waals surface area contributed by atoms with Gasteiger partial charge in [-0.2, -0.15) is 10.1 Å². The van der Waals surface area contributed by atoms with Crippen LogP contribution in [-0.2, 0) is 0 Å². The molecular weight excluding hydrogens is 386 g/mol. The van der Waals surface area contributed by atoms with Crippen LogP contribution < -0.4 is 0 Å². The summed E-state index contributed by atoms with van der Waals surface area (Å²) in [6.45, 7) is 0. The maximum absolute atomic E-state index is 12.3. The van der Waals surface area contributed by atoms with Crippen molar-refractivity contribution in [3.63, 3.8) is 0 Å². The lowest BCUT2D eigenvalue weighted by Gasteiger charge is -2.04. The van der Waals surface area contributed by atoms with Gasteiger partial charge in [-0.25, -0.2) is 0 Å². The van der Waals surface area contributed by atoms with Gasteiger partial charge in [-0.1, -0.05) is 23.7 Å². The average Bonchev–Trinajstić information content (AvgIpc) is 3.25. The molecule has 2 amide bonds. The van der Waals surface area contributed by atoms with Gasteiger partial charge in [-0.3, -0.25) is 19.7 Å². The molecule has 3 aromatic rings. The van der Waals surface area contributed by atoms with Crippen molar-refractivity contribution in [2.24, 2.45) is 5.10 Å². The number of nitrogens with zero attached hydrogens (tertiary/aromatic N) is 3. The molecule has 4 rings (SSSR count). The third kappa shape index (κ3) is 2.95. The monoisotopic (exact) mass is 395 g/mol. The third-order valence-corrected chi connectivity index (χ3v) is 4.45. The van der Waals surface area contributed by atoms with Crippen LogP contribution in [0.15, 0.2) is 64.1 Å². The first-order chi connectivity index (χ1) is 13.5. The molecule has 0 saturated heterocycles. The Morgan fingerprint density at radius 1 is 1.04 bits per heavy atom. The highest BCUT2D eigenvalue weighted by Crippen LogP contribution is 2.31.